The van der Waals surface area contributed by atoms with Crippen LogP contribution in [0.15, 0.2) is 6.07 Å². The van der Waals surface area contributed by atoms with Gasteiger partial charge in [0.1, 0.15) is 5.82 Å². The first-order valence-electron chi connectivity index (χ1n) is 6.18. The molecule has 2 fully saturated rings. The first-order valence-corrected chi connectivity index (χ1v) is 6.18. The van der Waals surface area contributed by atoms with Gasteiger partial charge in [-0.3, -0.25) is 0 Å². The lowest BCUT2D eigenvalue weighted by atomic mass is 10.4. The Morgan fingerprint density at radius 3 is 2.25 bits per heavy atom. The normalized spacial score (nSPS) is 20.8. The molecule has 4 nitrogen and oxygen atoms in total. The molecule has 2 aliphatic rings. The maximum Gasteiger partial charge on any atom is 0.227 e. The molecule has 0 unspecified atom stereocenters. The fourth-order valence-corrected chi connectivity index (χ4v) is 2.47. The van der Waals surface area contributed by atoms with Crippen LogP contribution in [0.1, 0.15) is 25.7 Å². The van der Waals surface area contributed by atoms with Gasteiger partial charge >= 0.3 is 0 Å². The predicted octanol–water partition coefficient (Wildman–Crippen LogP) is 1.48. The van der Waals surface area contributed by atoms with Crippen molar-refractivity contribution in [2.75, 3.05) is 36.0 Å². The molecule has 2 aliphatic heterocycles. The fraction of sp³-hybridized carbons (Fsp3) is 0.667. The second-order valence-electron chi connectivity index (χ2n) is 4.54. The predicted molar refractivity (Wildman–Crippen MR) is 63.8 cm³/mol. The number of hydrogen-bond donors (Lipinski definition) is 0. The Kier molecular flexibility index (Phi) is 2.64. The average molecular weight is 217 g/mol. The minimum absolute atomic E-state index is 0.863. The smallest absolute Gasteiger partial charge is 0.227 e. The van der Waals surface area contributed by atoms with Crippen molar-refractivity contribution in [3.05, 3.63) is 12.3 Å². The second-order valence-corrected chi connectivity index (χ2v) is 4.54. The molecule has 0 saturated carbocycles. The van der Waals surface area contributed by atoms with Gasteiger partial charge in [0.05, 0.1) is 6.20 Å². The highest BCUT2D eigenvalue weighted by Gasteiger charge is 2.18. The Morgan fingerprint density at radius 2 is 1.56 bits per heavy atom. The van der Waals surface area contributed by atoms with E-state index in [1.807, 2.05) is 6.07 Å². The van der Waals surface area contributed by atoms with Crippen molar-refractivity contribution in [2.24, 2.45) is 0 Å². The number of rotatable bonds is 2. The van der Waals surface area contributed by atoms with E-state index in [0.717, 1.165) is 37.9 Å². The maximum absolute atomic E-state index is 4.65. The molecule has 1 aromatic rings. The first kappa shape index (κ1) is 9.87. The summed E-state index contributed by atoms with van der Waals surface area (Å²) in [4.78, 5) is 13.5. The molecular weight excluding hydrogens is 200 g/mol. The van der Waals surface area contributed by atoms with E-state index in [1.165, 1.54) is 25.7 Å². The van der Waals surface area contributed by atoms with Gasteiger partial charge < -0.3 is 9.80 Å². The molecule has 0 aliphatic carbocycles. The Morgan fingerprint density at radius 1 is 0.938 bits per heavy atom. The van der Waals surface area contributed by atoms with E-state index in [1.54, 1.807) is 0 Å². The van der Waals surface area contributed by atoms with Crippen LogP contribution < -0.4 is 9.80 Å². The van der Waals surface area contributed by atoms with E-state index in [-0.39, 0.29) is 0 Å². The molecule has 4 heteroatoms. The molecule has 85 valence electrons. The highest BCUT2D eigenvalue weighted by Crippen LogP contribution is 2.21. The summed E-state index contributed by atoms with van der Waals surface area (Å²) in [6.07, 6.45) is 8.07. The lowest BCUT2D eigenvalue weighted by molar-refractivity contribution is 0.869. The second kappa shape index (κ2) is 4.28. The minimum atomic E-state index is 0.863. The Hall–Kier alpha value is -1.32. The van der Waals surface area contributed by atoms with Crippen LogP contribution in [-0.2, 0) is 0 Å². The maximum atomic E-state index is 4.65. The SMILES string of the molecule is [c]1cc(N2CCCC2)nc(N2CCCC2)n1. The summed E-state index contributed by atoms with van der Waals surface area (Å²) in [5, 5.41) is 0. The van der Waals surface area contributed by atoms with E-state index in [4.69, 9.17) is 0 Å². The van der Waals surface area contributed by atoms with E-state index in [9.17, 15) is 0 Å². The van der Waals surface area contributed by atoms with Crippen molar-refractivity contribution in [1.82, 2.24) is 9.97 Å². The molecule has 0 atom stereocenters. The third-order valence-electron chi connectivity index (χ3n) is 3.39. The number of aromatic nitrogens is 2. The summed E-state index contributed by atoms with van der Waals surface area (Å²) in [7, 11) is 0. The summed E-state index contributed by atoms with van der Waals surface area (Å²) in [6.45, 7) is 4.45. The van der Waals surface area contributed by atoms with Crippen LogP contribution >= 0.6 is 0 Å². The van der Waals surface area contributed by atoms with Gasteiger partial charge in [-0.25, -0.2) is 4.98 Å². The molecule has 1 aromatic heterocycles. The van der Waals surface area contributed by atoms with Gasteiger partial charge in [0.15, 0.2) is 0 Å². The van der Waals surface area contributed by atoms with Crippen LogP contribution in [0.3, 0.4) is 0 Å². The van der Waals surface area contributed by atoms with Gasteiger partial charge in [0.25, 0.3) is 0 Å². The zero-order valence-electron chi connectivity index (χ0n) is 9.52. The van der Waals surface area contributed by atoms with E-state index in [0.29, 0.717) is 0 Å². The molecule has 3 rings (SSSR count). The van der Waals surface area contributed by atoms with Gasteiger partial charge in [-0.15, -0.1) is 0 Å². The quantitative estimate of drug-likeness (QED) is 0.751. The van der Waals surface area contributed by atoms with Crippen LogP contribution in [0.5, 0.6) is 0 Å². The van der Waals surface area contributed by atoms with Gasteiger partial charge in [0, 0.05) is 32.2 Å². The summed E-state index contributed by atoms with van der Waals surface area (Å²) >= 11 is 0. The topological polar surface area (TPSA) is 32.3 Å². The van der Waals surface area contributed by atoms with Gasteiger partial charge in [-0.05, 0) is 25.7 Å². The van der Waals surface area contributed by atoms with E-state index >= 15 is 0 Å². The van der Waals surface area contributed by atoms with Crippen molar-refractivity contribution >= 4 is 11.8 Å². The van der Waals surface area contributed by atoms with E-state index < -0.39 is 0 Å². The summed E-state index contributed by atoms with van der Waals surface area (Å²) in [5.74, 6) is 1.91. The number of hydrogen-bond acceptors (Lipinski definition) is 4. The zero-order valence-corrected chi connectivity index (χ0v) is 9.52. The molecular formula is C12H17N4. The zero-order chi connectivity index (χ0) is 10.8. The highest BCUT2D eigenvalue weighted by molar-refractivity contribution is 5.44. The summed E-state index contributed by atoms with van der Waals surface area (Å²) in [5.41, 5.74) is 0. The fourth-order valence-electron chi connectivity index (χ4n) is 2.47. The molecule has 0 bridgehead atoms. The van der Waals surface area contributed by atoms with Crippen molar-refractivity contribution in [3.8, 4) is 0 Å². The van der Waals surface area contributed by atoms with Crippen molar-refractivity contribution < 1.29 is 0 Å². The Labute approximate surface area is 96.3 Å². The highest BCUT2D eigenvalue weighted by atomic mass is 15.3. The van der Waals surface area contributed by atoms with Crippen LogP contribution in [-0.4, -0.2) is 36.1 Å². The molecule has 0 spiro atoms. The van der Waals surface area contributed by atoms with Crippen LogP contribution in [0, 0.1) is 6.20 Å². The number of nitrogens with zero attached hydrogens (tertiary/aromatic N) is 4. The number of anilines is 2. The molecule has 1 radical (unpaired) electrons. The lowest BCUT2D eigenvalue weighted by Crippen LogP contribution is -2.23. The monoisotopic (exact) mass is 217 g/mol. The largest absolute Gasteiger partial charge is 0.356 e. The van der Waals surface area contributed by atoms with Crippen molar-refractivity contribution in [3.63, 3.8) is 0 Å². The third-order valence-corrected chi connectivity index (χ3v) is 3.39. The van der Waals surface area contributed by atoms with Crippen molar-refractivity contribution in [2.45, 2.75) is 25.7 Å². The molecule has 0 N–H and O–H groups in total. The van der Waals surface area contributed by atoms with Gasteiger partial charge in [-0.2, -0.15) is 4.98 Å². The molecule has 3 heterocycles. The van der Waals surface area contributed by atoms with Crippen LogP contribution in [0.2, 0.25) is 0 Å². The lowest BCUT2D eigenvalue weighted by Gasteiger charge is -2.19. The summed E-state index contributed by atoms with van der Waals surface area (Å²) in [6, 6.07) is 1.91. The molecule has 0 aromatic carbocycles. The minimum Gasteiger partial charge on any atom is -0.356 e. The standard InChI is InChI=1S/C12H17N4/c1-2-8-15(7-1)11-5-6-13-12(14-11)16-9-3-4-10-16/h5H,1-4,7-10H2. The first-order chi connectivity index (χ1) is 7.93. The van der Waals surface area contributed by atoms with Crippen LogP contribution in [0.25, 0.3) is 0 Å². The average Bonchev–Trinajstić information content (AvgIpc) is 3.03. The van der Waals surface area contributed by atoms with E-state index in [2.05, 4.69) is 26.0 Å². The summed E-state index contributed by atoms with van der Waals surface area (Å²) < 4.78 is 0. The molecule has 2 saturated heterocycles. The Bertz CT molecular complexity index is 323. The molecule has 0 amide bonds. The van der Waals surface area contributed by atoms with Gasteiger partial charge in [-0.1, -0.05) is 0 Å². The van der Waals surface area contributed by atoms with Crippen molar-refractivity contribution in [1.29, 1.82) is 0 Å². The van der Waals surface area contributed by atoms with Crippen LogP contribution in [0.4, 0.5) is 11.8 Å². The Balaban J connectivity index is 1.81. The van der Waals surface area contributed by atoms with Gasteiger partial charge in [0.2, 0.25) is 5.95 Å². The molecule has 16 heavy (non-hydrogen) atoms. The third kappa shape index (κ3) is 1.84.